The van der Waals surface area contributed by atoms with Crippen molar-refractivity contribution in [3.63, 3.8) is 0 Å². The topological polar surface area (TPSA) is 21.3 Å². The van der Waals surface area contributed by atoms with Crippen LogP contribution in [0.1, 0.15) is 44.9 Å². The smallest absolute Gasteiger partial charge is 0.0858 e. The second kappa shape index (κ2) is 3.82. The first kappa shape index (κ1) is 10.4. The Balaban J connectivity index is 2.21. The molecule has 0 saturated heterocycles. The molecule has 2 rings (SSSR count). The Hall–Kier alpha value is -0.0800. The number of rotatable bonds is 3. The standard InChI is InChI=1S/C12H23NO/c1-13-10-12(14-2)9-5-8-11(12)6-3-4-7-11/h13H,3-10H2,1-2H3. The van der Waals surface area contributed by atoms with E-state index in [2.05, 4.69) is 5.32 Å². The Bertz CT molecular complexity index is 193. The molecule has 2 nitrogen and oxygen atoms in total. The third-order valence-corrected chi connectivity index (χ3v) is 4.62. The van der Waals surface area contributed by atoms with Gasteiger partial charge >= 0.3 is 0 Å². The highest BCUT2D eigenvalue weighted by atomic mass is 16.5. The van der Waals surface area contributed by atoms with Crippen molar-refractivity contribution in [3.05, 3.63) is 0 Å². The van der Waals surface area contributed by atoms with Gasteiger partial charge in [-0.15, -0.1) is 0 Å². The van der Waals surface area contributed by atoms with Gasteiger partial charge in [0, 0.05) is 19.1 Å². The number of likely N-dealkylation sites (N-methyl/N-ethyl adjacent to an activating group) is 1. The monoisotopic (exact) mass is 197 g/mol. The molecule has 0 radical (unpaired) electrons. The van der Waals surface area contributed by atoms with Gasteiger partial charge in [0.1, 0.15) is 0 Å². The van der Waals surface area contributed by atoms with Crippen molar-refractivity contribution in [1.82, 2.24) is 5.32 Å². The molecule has 1 spiro atoms. The van der Waals surface area contributed by atoms with E-state index in [0.29, 0.717) is 5.41 Å². The zero-order valence-electron chi connectivity index (χ0n) is 9.57. The normalized spacial score (nSPS) is 35.6. The predicted molar refractivity (Wildman–Crippen MR) is 58.4 cm³/mol. The molecule has 2 heteroatoms. The second-order valence-corrected chi connectivity index (χ2v) is 5.07. The van der Waals surface area contributed by atoms with E-state index in [1.54, 1.807) is 0 Å². The van der Waals surface area contributed by atoms with E-state index in [-0.39, 0.29) is 5.60 Å². The van der Waals surface area contributed by atoms with Crippen LogP contribution in [0.2, 0.25) is 0 Å². The van der Waals surface area contributed by atoms with Gasteiger partial charge in [0.2, 0.25) is 0 Å². The van der Waals surface area contributed by atoms with E-state index in [1.807, 2.05) is 14.2 Å². The predicted octanol–water partition coefficient (Wildman–Crippen LogP) is 2.34. The third kappa shape index (κ3) is 1.31. The van der Waals surface area contributed by atoms with Gasteiger partial charge in [-0.2, -0.15) is 0 Å². The van der Waals surface area contributed by atoms with Crippen LogP contribution in [0.5, 0.6) is 0 Å². The van der Waals surface area contributed by atoms with Gasteiger partial charge in [0.05, 0.1) is 5.60 Å². The van der Waals surface area contributed by atoms with Crippen LogP contribution < -0.4 is 5.32 Å². The lowest BCUT2D eigenvalue weighted by Gasteiger charge is -2.43. The maximum atomic E-state index is 5.91. The SMILES string of the molecule is CNCC1(OC)CCCC12CCCC2. The molecule has 0 heterocycles. The van der Waals surface area contributed by atoms with E-state index in [0.717, 1.165) is 6.54 Å². The van der Waals surface area contributed by atoms with Gasteiger partial charge in [0.25, 0.3) is 0 Å². The molecule has 2 aliphatic carbocycles. The Morgan fingerprint density at radius 2 is 1.71 bits per heavy atom. The molecule has 2 fully saturated rings. The van der Waals surface area contributed by atoms with Crippen molar-refractivity contribution >= 4 is 0 Å². The van der Waals surface area contributed by atoms with Crippen molar-refractivity contribution in [2.75, 3.05) is 20.7 Å². The zero-order valence-corrected chi connectivity index (χ0v) is 9.57. The minimum absolute atomic E-state index is 0.151. The molecule has 0 bridgehead atoms. The first-order valence-corrected chi connectivity index (χ1v) is 5.98. The van der Waals surface area contributed by atoms with Crippen LogP contribution >= 0.6 is 0 Å². The average molecular weight is 197 g/mol. The second-order valence-electron chi connectivity index (χ2n) is 5.07. The van der Waals surface area contributed by atoms with E-state index in [9.17, 15) is 0 Å². The summed E-state index contributed by atoms with van der Waals surface area (Å²) in [6, 6.07) is 0. The van der Waals surface area contributed by atoms with Gasteiger partial charge in [-0.3, -0.25) is 0 Å². The maximum Gasteiger partial charge on any atom is 0.0858 e. The Morgan fingerprint density at radius 1 is 1.07 bits per heavy atom. The number of nitrogens with one attached hydrogen (secondary N) is 1. The molecule has 0 aromatic heterocycles. The molecule has 0 amide bonds. The van der Waals surface area contributed by atoms with Crippen LogP contribution in [-0.4, -0.2) is 26.3 Å². The Morgan fingerprint density at radius 3 is 2.29 bits per heavy atom. The molecule has 1 unspecified atom stereocenters. The number of methoxy groups -OCH3 is 1. The average Bonchev–Trinajstić information content (AvgIpc) is 2.78. The summed E-state index contributed by atoms with van der Waals surface area (Å²) in [5.74, 6) is 0. The van der Waals surface area contributed by atoms with Crippen LogP contribution in [0.25, 0.3) is 0 Å². The van der Waals surface area contributed by atoms with Crippen LogP contribution in [0, 0.1) is 5.41 Å². The largest absolute Gasteiger partial charge is 0.376 e. The van der Waals surface area contributed by atoms with E-state index in [1.165, 1.54) is 44.9 Å². The molecule has 1 atom stereocenters. The molecular weight excluding hydrogens is 174 g/mol. The molecule has 0 aliphatic heterocycles. The minimum atomic E-state index is 0.151. The first-order chi connectivity index (χ1) is 6.79. The fourth-order valence-corrected chi connectivity index (χ4v) is 3.91. The molecule has 1 N–H and O–H groups in total. The third-order valence-electron chi connectivity index (χ3n) is 4.62. The van der Waals surface area contributed by atoms with Crippen molar-refractivity contribution in [2.45, 2.75) is 50.5 Å². The molecule has 14 heavy (non-hydrogen) atoms. The van der Waals surface area contributed by atoms with Gasteiger partial charge in [-0.05, 0) is 39.2 Å². The number of hydrogen-bond donors (Lipinski definition) is 1. The maximum absolute atomic E-state index is 5.91. The molecule has 0 aromatic rings. The van der Waals surface area contributed by atoms with E-state index >= 15 is 0 Å². The van der Waals surface area contributed by atoms with Gasteiger partial charge in [0.15, 0.2) is 0 Å². The lowest BCUT2D eigenvalue weighted by Crippen LogP contribution is -2.50. The van der Waals surface area contributed by atoms with Gasteiger partial charge < -0.3 is 10.1 Å². The zero-order chi connectivity index (χ0) is 10.1. The highest BCUT2D eigenvalue weighted by molar-refractivity contribution is 5.07. The minimum Gasteiger partial charge on any atom is -0.376 e. The summed E-state index contributed by atoms with van der Waals surface area (Å²) >= 11 is 0. The van der Waals surface area contributed by atoms with Crippen molar-refractivity contribution in [3.8, 4) is 0 Å². The molecule has 82 valence electrons. The highest BCUT2D eigenvalue weighted by Gasteiger charge is 2.55. The summed E-state index contributed by atoms with van der Waals surface area (Å²) in [5.41, 5.74) is 0.670. The fraction of sp³-hybridized carbons (Fsp3) is 1.00. The van der Waals surface area contributed by atoms with Gasteiger partial charge in [-0.25, -0.2) is 0 Å². The molecular formula is C12H23NO. The summed E-state index contributed by atoms with van der Waals surface area (Å²) < 4.78 is 5.91. The summed E-state index contributed by atoms with van der Waals surface area (Å²) in [4.78, 5) is 0. The number of ether oxygens (including phenoxy) is 1. The van der Waals surface area contributed by atoms with Crippen LogP contribution in [0.4, 0.5) is 0 Å². The lowest BCUT2D eigenvalue weighted by atomic mass is 9.72. The van der Waals surface area contributed by atoms with Crippen LogP contribution in [-0.2, 0) is 4.74 Å². The quantitative estimate of drug-likeness (QED) is 0.750. The Kier molecular flexibility index (Phi) is 2.85. The summed E-state index contributed by atoms with van der Waals surface area (Å²) in [6.45, 7) is 1.03. The first-order valence-electron chi connectivity index (χ1n) is 5.98. The fourth-order valence-electron chi connectivity index (χ4n) is 3.91. The Labute approximate surface area is 87.4 Å². The summed E-state index contributed by atoms with van der Waals surface area (Å²) in [6.07, 6.45) is 9.61. The van der Waals surface area contributed by atoms with Crippen LogP contribution in [0.15, 0.2) is 0 Å². The van der Waals surface area contributed by atoms with Crippen molar-refractivity contribution in [1.29, 1.82) is 0 Å². The van der Waals surface area contributed by atoms with Crippen molar-refractivity contribution in [2.24, 2.45) is 5.41 Å². The highest BCUT2D eigenvalue weighted by Crippen LogP contribution is 2.57. The van der Waals surface area contributed by atoms with Crippen molar-refractivity contribution < 1.29 is 4.74 Å². The molecule has 2 saturated carbocycles. The van der Waals surface area contributed by atoms with E-state index in [4.69, 9.17) is 4.74 Å². The molecule has 0 aromatic carbocycles. The lowest BCUT2D eigenvalue weighted by molar-refractivity contribution is -0.0888. The van der Waals surface area contributed by atoms with Gasteiger partial charge in [-0.1, -0.05) is 12.8 Å². The summed E-state index contributed by atoms with van der Waals surface area (Å²) in [7, 11) is 3.95. The molecule has 2 aliphatic rings. The summed E-state index contributed by atoms with van der Waals surface area (Å²) in [5, 5.41) is 3.33. The van der Waals surface area contributed by atoms with Crippen LogP contribution in [0.3, 0.4) is 0 Å². The van der Waals surface area contributed by atoms with E-state index < -0.39 is 0 Å². The number of hydrogen-bond acceptors (Lipinski definition) is 2.